The van der Waals surface area contributed by atoms with Crippen LogP contribution < -0.4 is 4.74 Å². The molecular weight excluding hydrogens is 568 g/mol. The van der Waals surface area contributed by atoms with Crippen molar-refractivity contribution in [2.24, 2.45) is 0 Å². The van der Waals surface area contributed by atoms with E-state index in [4.69, 9.17) is 37.9 Å². The Morgan fingerprint density at radius 2 is 1.26 bits per heavy atom. The van der Waals surface area contributed by atoms with Gasteiger partial charge < -0.3 is 37.9 Å². The van der Waals surface area contributed by atoms with Crippen molar-refractivity contribution in [1.82, 2.24) is 0 Å². The fraction of sp³-hybridized carbons (Fsp3) is 0.633. The first kappa shape index (κ1) is 35.5. The van der Waals surface area contributed by atoms with Crippen molar-refractivity contribution in [2.75, 3.05) is 19.8 Å². The summed E-state index contributed by atoms with van der Waals surface area (Å²) in [5.41, 5.74) is 1.77. The molecule has 0 N–H and O–H groups in total. The summed E-state index contributed by atoms with van der Waals surface area (Å²) < 4.78 is 43.6. The molecule has 2 rings (SSSR count). The van der Waals surface area contributed by atoms with Crippen LogP contribution in [0.1, 0.15) is 84.8 Å². The monoisotopic (exact) mass is 610 g/mol. The molecule has 1 aromatic carbocycles. The van der Waals surface area contributed by atoms with Crippen LogP contribution in [0.4, 0.5) is 4.79 Å². The molecule has 13 heteroatoms. The Hall–Kier alpha value is -3.71. The van der Waals surface area contributed by atoms with Gasteiger partial charge >= 0.3 is 30.0 Å². The highest BCUT2D eigenvalue weighted by atomic mass is 16.7. The zero-order chi connectivity index (χ0) is 32.3. The highest BCUT2D eigenvalue weighted by molar-refractivity contribution is 5.69. The van der Waals surface area contributed by atoms with E-state index in [0.29, 0.717) is 5.75 Å². The van der Waals surface area contributed by atoms with E-state index >= 15 is 0 Å². The Morgan fingerprint density at radius 3 is 1.77 bits per heavy atom. The van der Waals surface area contributed by atoms with Crippen molar-refractivity contribution in [1.29, 1.82) is 0 Å². The Labute approximate surface area is 251 Å². The van der Waals surface area contributed by atoms with Gasteiger partial charge in [0.25, 0.3) is 0 Å². The van der Waals surface area contributed by atoms with E-state index in [0.717, 1.165) is 31.9 Å². The van der Waals surface area contributed by atoms with E-state index in [1.54, 1.807) is 0 Å². The van der Waals surface area contributed by atoms with Gasteiger partial charge in [-0.3, -0.25) is 19.2 Å². The molecule has 1 aliphatic rings. The van der Waals surface area contributed by atoms with Gasteiger partial charge in [-0.05, 0) is 23.0 Å². The minimum atomic E-state index is -1.34. The topological polar surface area (TPSA) is 159 Å². The minimum absolute atomic E-state index is 0.0547. The standard InChI is InChI=1S/C30H42O13/c1-16(2)22-11-9-12-23(17(3)4)25(22)43-30(35)37-14-10-13-36-29-28(41-21(8)34)27(40-20(7)33)26(39-19(6)32)24(42-29)15-38-18(5)31/h9,11-12,16-17,24,26-29H,10,13-15H2,1-8H3/t24-,26-,27+,28-,29+/m1/s1. The summed E-state index contributed by atoms with van der Waals surface area (Å²) in [6, 6.07) is 5.73. The second-order valence-corrected chi connectivity index (χ2v) is 10.6. The molecule has 1 aliphatic heterocycles. The summed E-state index contributed by atoms with van der Waals surface area (Å²) in [5, 5.41) is 0. The maximum absolute atomic E-state index is 12.5. The second-order valence-electron chi connectivity index (χ2n) is 10.6. The smallest absolute Gasteiger partial charge is 0.463 e. The van der Waals surface area contributed by atoms with Gasteiger partial charge in [-0.1, -0.05) is 45.9 Å². The third kappa shape index (κ3) is 11.1. The van der Waals surface area contributed by atoms with Crippen LogP contribution in [0.3, 0.4) is 0 Å². The molecule has 0 saturated carbocycles. The van der Waals surface area contributed by atoms with Gasteiger partial charge in [0.05, 0.1) is 13.2 Å². The summed E-state index contributed by atoms with van der Waals surface area (Å²) in [6.45, 7) is 12.1. The van der Waals surface area contributed by atoms with Crippen LogP contribution in [0.5, 0.6) is 5.75 Å². The predicted molar refractivity (Wildman–Crippen MR) is 149 cm³/mol. The molecule has 1 saturated heterocycles. The summed E-state index contributed by atoms with van der Waals surface area (Å²) in [4.78, 5) is 59.7. The second kappa shape index (κ2) is 16.8. The molecule has 0 spiro atoms. The number of hydrogen-bond donors (Lipinski definition) is 0. The van der Waals surface area contributed by atoms with Gasteiger partial charge in [-0.25, -0.2) is 4.79 Å². The van der Waals surface area contributed by atoms with Crippen LogP contribution in [-0.4, -0.2) is 80.6 Å². The SMILES string of the molecule is CC(=O)OC[C@H]1O[C@H](OCCCOC(=O)Oc2c(C(C)C)cccc2C(C)C)[C@H](OC(C)=O)[C@@H](OC(C)=O)[C@@H]1OC(C)=O. The number of rotatable bonds is 13. The number of esters is 4. The highest BCUT2D eigenvalue weighted by Gasteiger charge is 2.52. The first-order valence-electron chi connectivity index (χ1n) is 14.1. The lowest BCUT2D eigenvalue weighted by atomic mass is 9.94. The molecule has 240 valence electrons. The molecule has 0 bridgehead atoms. The van der Waals surface area contributed by atoms with E-state index in [1.165, 1.54) is 6.92 Å². The van der Waals surface area contributed by atoms with E-state index < -0.39 is 60.7 Å². The lowest BCUT2D eigenvalue weighted by Gasteiger charge is -2.44. The van der Waals surface area contributed by atoms with E-state index in [9.17, 15) is 24.0 Å². The van der Waals surface area contributed by atoms with Crippen molar-refractivity contribution in [3.8, 4) is 5.75 Å². The van der Waals surface area contributed by atoms with Gasteiger partial charge in [0.1, 0.15) is 18.5 Å². The first-order chi connectivity index (χ1) is 20.2. The number of carbonyl (C=O) groups is 5. The number of benzene rings is 1. The van der Waals surface area contributed by atoms with E-state index in [-0.39, 0.29) is 38.1 Å². The maximum atomic E-state index is 12.5. The molecular formula is C30H42O13. The van der Waals surface area contributed by atoms with Crippen LogP contribution in [-0.2, 0) is 52.3 Å². The van der Waals surface area contributed by atoms with Crippen molar-refractivity contribution in [3.05, 3.63) is 29.3 Å². The molecule has 13 nitrogen and oxygen atoms in total. The molecule has 1 aromatic rings. The van der Waals surface area contributed by atoms with Gasteiger partial charge in [-0.15, -0.1) is 0 Å². The van der Waals surface area contributed by atoms with Crippen LogP contribution in [0, 0.1) is 0 Å². The summed E-state index contributed by atoms with van der Waals surface area (Å²) >= 11 is 0. The van der Waals surface area contributed by atoms with Crippen LogP contribution in [0.15, 0.2) is 18.2 Å². The molecule has 0 radical (unpaired) electrons. The third-order valence-electron chi connectivity index (χ3n) is 6.24. The van der Waals surface area contributed by atoms with Gasteiger partial charge in [0, 0.05) is 34.1 Å². The van der Waals surface area contributed by atoms with Crippen molar-refractivity contribution in [3.63, 3.8) is 0 Å². The molecule has 0 amide bonds. The van der Waals surface area contributed by atoms with Crippen LogP contribution in [0.2, 0.25) is 0 Å². The molecule has 0 unspecified atom stereocenters. The quantitative estimate of drug-likeness (QED) is 0.137. The maximum Gasteiger partial charge on any atom is 0.513 e. The Bertz CT molecular complexity index is 1100. The predicted octanol–water partition coefficient (Wildman–Crippen LogP) is 3.94. The van der Waals surface area contributed by atoms with Crippen LogP contribution in [0.25, 0.3) is 0 Å². The average molecular weight is 611 g/mol. The minimum Gasteiger partial charge on any atom is -0.463 e. The van der Waals surface area contributed by atoms with Crippen molar-refractivity contribution in [2.45, 2.75) is 104 Å². The fourth-order valence-electron chi connectivity index (χ4n) is 4.45. The molecule has 1 fully saturated rings. The van der Waals surface area contributed by atoms with Gasteiger partial charge in [0.2, 0.25) is 0 Å². The van der Waals surface area contributed by atoms with Gasteiger partial charge in [0.15, 0.2) is 24.6 Å². The van der Waals surface area contributed by atoms with E-state index in [1.807, 2.05) is 45.9 Å². The number of ether oxygens (including phenoxy) is 8. The number of hydrogen-bond acceptors (Lipinski definition) is 13. The van der Waals surface area contributed by atoms with Crippen molar-refractivity contribution >= 4 is 30.0 Å². The Kier molecular flexibility index (Phi) is 13.9. The molecule has 0 aromatic heterocycles. The normalized spacial score (nSPS) is 21.6. The fourth-order valence-corrected chi connectivity index (χ4v) is 4.45. The largest absolute Gasteiger partial charge is 0.513 e. The first-order valence-corrected chi connectivity index (χ1v) is 14.1. The number of para-hydroxylation sites is 1. The lowest BCUT2D eigenvalue weighted by Crippen LogP contribution is -2.63. The zero-order valence-electron chi connectivity index (χ0n) is 25.9. The zero-order valence-corrected chi connectivity index (χ0v) is 25.9. The van der Waals surface area contributed by atoms with E-state index in [2.05, 4.69) is 0 Å². The molecule has 43 heavy (non-hydrogen) atoms. The van der Waals surface area contributed by atoms with Crippen LogP contribution >= 0.6 is 0 Å². The Balaban J connectivity index is 2.11. The third-order valence-corrected chi connectivity index (χ3v) is 6.24. The molecule has 0 aliphatic carbocycles. The summed E-state index contributed by atoms with van der Waals surface area (Å²) in [7, 11) is 0. The average Bonchev–Trinajstić information content (AvgIpc) is 2.89. The van der Waals surface area contributed by atoms with Gasteiger partial charge in [-0.2, -0.15) is 0 Å². The lowest BCUT2D eigenvalue weighted by molar-refractivity contribution is -0.308. The Morgan fingerprint density at radius 1 is 0.721 bits per heavy atom. The number of carbonyl (C=O) groups excluding carboxylic acids is 5. The molecule has 5 atom stereocenters. The highest BCUT2D eigenvalue weighted by Crippen LogP contribution is 2.35. The summed E-state index contributed by atoms with van der Waals surface area (Å²) in [5.74, 6) is -2.14. The molecule has 1 heterocycles. The summed E-state index contributed by atoms with van der Waals surface area (Å²) in [6.07, 6.45) is -7.10. The van der Waals surface area contributed by atoms with Crippen molar-refractivity contribution < 1.29 is 61.9 Å².